The van der Waals surface area contributed by atoms with Crippen LogP contribution >= 0.6 is 0 Å². The van der Waals surface area contributed by atoms with Crippen molar-refractivity contribution in [3.63, 3.8) is 0 Å². The van der Waals surface area contributed by atoms with Gasteiger partial charge in [-0.25, -0.2) is 4.79 Å². The Kier molecular flexibility index (Phi) is 5.08. The van der Waals surface area contributed by atoms with E-state index in [2.05, 4.69) is 10.1 Å². The Morgan fingerprint density at radius 2 is 2.04 bits per heavy atom. The maximum Gasteiger partial charge on any atom is 0.407 e. The van der Waals surface area contributed by atoms with Gasteiger partial charge >= 0.3 is 6.09 Å². The zero-order chi connectivity index (χ0) is 16.9. The molecule has 2 heterocycles. The largest absolute Gasteiger partial charge is 0.490 e. The number of rotatable bonds is 3. The first-order valence-electron chi connectivity index (χ1n) is 8.20. The van der Waals surface area contributed by atoms with Gasteiger partial charge in [0.05, 0.1) is 26.4 Å². The highest BCUT2D eigenvalue weighted by atomic mass is 16.5. The van der Waals surface area contributed by atoms with Gasteiger partial charge in [0.25, 0.3) is 0 Å². The van der Waals surface area contributed by atoms with Crippen molar-refractivity contribution in [3.05, 3.63) is 23.8 Å². The van der Waals surface area contributed by atoms with Crippen LogP contribution in [0.15, 0.2) is 18.2 Å². The molecular weight excluding hydrogens is 312 g/mol. The molecule has 3 rings (SSSR count). The number of hydrogen-bond donors (Lipinski definition) is 1. The van der Waals surface area contributed by atoms with Gasteiger partial charge in [0.2, 0.25) is 5.91 Å². The van der Waals surface area contributed by atoms with E-state index in [-0.39, 0.29) is 18.5 Å². The van der Waals surface area contributed by atoms with Crippen molar-refractivity contribution in [1.82, 2.24) is 10.2 Å². The smallest absolute Gasteiger partial charge is 0.407 e. The lowest BCUT2D eigenvalue weighted by molar-refractivity contribution is -0.131. The van der Waals surface area contributed by atoms with E-state index in [4.69, 9.17) is 9.47 Å². The first-order valence-corrected chi connectivity index (χ1v) is 8.20. The molecule has 1 unspecified atom stereocenters. The van der Waals surface area contributed by atoms with Crippen molar-refractivity contribution in [2.24, 2.45) is 0 Å². The zero-order valence-electron chi connectivity index (χ0n) is 13.7. The molecule has 1 saturated heterocycles. The van der Waals surface area contributed by atoms with Crippen LogP contribution in [-0.2, 0) is 9.53 Å². The van der Waals surface area contributed by atoms with E-state index in [1.165, 1.54) is 7.11 Å². The summed E-state index contributed by atoms with van der Waals surface area (Å²) in [7, 11) is 1.27. The Morgan fingerprint density at radius 3 is 2.83 bits per heavy atom. The first kappa shape index (κ1) is 16.4. The molecular formula is C17H22N2O5. The van der Waals surface area contributed by atoms with Gasteiger partial charge in [-0.15, -0.1) is 0 Å². The van der Waals surface area contributed by atoms with Gasteiger partial charge in [-0.1, -0.05) is 6.07 Å². The molecule has 130 valence electrons. The molecule has 0 spiro atoms. The molecule has 2 aliphatic rings. The highest BCUT2D eigenvalue weighted by Crippen LogP contribution is 2.37. The Bertz CT molecular complexity index is 619. The number of nitrogens with zero attached hydrogens (tertiary/aromatic N) is 1. The van der Waals surface area contributed by atoms with E-state index in [0.29, 0.717) is 19.8 Å². The maximum absolute atomic E-state index is 12.4. The van der Waals surface area contributed by atoms with Gasteiger partial charge in [0.1, 0.15) is 6.54 Å². The monoisotopic (exact) mass is 334 g/mol. The third kappa shape index (κ3) is 3.55. The number of hydrogen-bond acceptors (Lipinski definition) is 5. The van der Waals surface area contributed by atoms with Gasteiger partial charge in [-0.3, -0.25) is 4.79 Å². The summed E-state index contributed by atoms with van der Waals surface area (Å²) < 4.78 is 15.9. The number of carbonyl (C=O) groups is 2. The predicted octanol–water partition coefficient (Wildman–Crippen LogP) is 1.87. The highest BCUT2D eigenvalue weighted by Gasteiger charge is 2.30. The van der Waals surface area contributed by atoms with Crippen molar-refractivity contribution < 1.29 is 23.8 Å². The number of alkyl carbamates (subject to hydrolysis) is 1. The number of nitrogens with one attached hydrogen (secondary N) is 1. The second-order valence-electron chi connectivity index (χ2n) is 5.85. The number of methoxy groups -OCH3 is 1. The van der Waals surface area contributed by atoms with Crippen LogP contribution in [0.1, 0.15) is 30.9 Å². The van der Waals surface area contributed by atoms with E-state index >= 15 is 0 Å². The molecule has 1 atom stereocenters. The van der Waals surface area contributed by atoms with Gasteiger partial charge < -0.3 is 24.4 Å². The van der Waals surface area contributed by atoms with E-state index in [0.717, 1.165) is 36.3 Å². The predicted molar refractivity (Wildman–Crippen MR) is 86.1 cm³/mol. The van der Waals surface area contributed by atoms with Crippen LogP contribution in [0.3, 0.4) is 0 Å². The van der Waals surface area contributed by atoms with Crippen LogP contribution in [0.5, 0.6) is 11.5 Å². The lowest BCUT2D eigenvalue weighted by Crippen LogP contribution is -2.39. The van der Waals surface area contributed by atoms with Crippen LogP contribution in [0.25, 0.3) is 0 Å². The first-order chi connectivity index (χ1) is 11.7. The summed E-state index contributed by atoms with van der Waals surface area (Å²) in [6.07, 6.45) is 2.08. The lowest BCUT2D eigenvalue weighted by atomic mass is 10.0. The minimum atomic E-state index is -0.602. The number of fused-ring (bicyclic) bond motifs is 1. The van der Waals surface area contributed by atoms with E-state index < -0.39 is 6.09 Å². The fourth-order valence-electron chi connectivity index (χ4n) is 3.12. The van der Waals surface area contributed by atoms with Crippen LogP contribution < -0.4 is 14.8 Å². The average molecular weight is 334 g/mol. The topological polar surface area (TPSA) is 77.1 Å². The van der Waals surface area contributed by atoms with Crippen LogP contribution in [0, 0.1) is 0 Å². The Hall–Kier alpha value is -2.44. The molecule has 1 aromatic rings. The standard InChI is InChI=1S/C17H22N2O5/c1-22-17(21)18-11-16(20)19-7-2-4-13(19)12-5-6-14-15(10-12)24-9-3-8-23-14/h5-6,10,13H,2-4,7-9,11H2,1H3,(H,18,21). The number of likely N-dealkylation sites (tertiary alicyclic amines) is 1. The minimum absolute atomic E-state index is 0.00546. The van der Waals surface area contributed by atoms with Crippen molar-refractivity contribution in [1.29, 1.82) is 0 Å². The molecule has 0 aromatic heterocycles. The van der Waals surface area contributed by atoms with Gasteiger partial charge in [0, 0.05) is 13.0 Å². The molecule has 7 nitrogen and oxygen atoms in total. The minimum Gasteiger partial charge on any atom is -0.490 e. The number of carbonyl (C=O) groups excluding carboxylic acids is 2. The molecule has 2 aliphatic heterocycles. The number of ether oxygens (including phenoxy) is 3. The van der Waals surface area contributed by atoms with Crippen LogP contribution in [0.4, 0.5) is 4.79 Å². The summed E-state index contributed by atoms with van der Waals surface area (Å²) in [5.74, 6) is 1.37. The Morgan fingerprint density at radius 1 is 1.25 bits per heavy atom. The van der Waals surface area contributed by atoms with Crippen molar-refractivity contribution >= 4 is 12.0 Å². The SMILES string of the molecule is COC(=O)NCC(=O)N1CCCC1c1ccc2c(c1)OCCCO2. The second-order valence-corrected chi connectivity index (χ2v) is 5.85. The van der Waals surface area contributed by atoms with E-state index in [1.54, 1.807) is 4.90 Å². The average Bonchev–Trinajstić information content (AvgIpc) is 2.98. The second kappa shape index (κ2) is 7.42. The molecule has 1 fully saturated rings. The summed E-state index contributed by atoms with van der Waals surface area (Å²) >= 11 is 0. The van der Waals surface area contributed by atoms with Crippen molar-refractivity contribution in [2.45, 2.75) is 25.3 Å². The molecule has 2 amide bonds. The lowest BCUT2D eigenvalue weighted by Gasteiger charge is -2.25. The molecule has 24 heavy (non-hydrogen) atoms. The summed E-state index contributed by atoms with van der Waals surface area (Å²) in [6, 6.07) is 5.85. The van der Waals surface area contributed by atoms with Crippen molar-refractivity contribution in [2.75, 3.05) is 33.4 Å². The van der Waals surface area contributed by atoms with Gasteiger partial charge in [-0.05, 0) is 30.5 Å². The summed E-state index contributed by atoms with van der Waals surface area (Å²) in [6.45, 7) is 1.90. The molecule has 0 bridgehead atoms. The highest BCUT2D eigenvalue weighted by molar-refractivity contribution is 5.82. The van der Waals surface area contributed by atoms with E-state index in [9.17, 15) is 9.59 Å². The van der Waals surface area contributed by atoms with Crippen LogP contribution in [0.2, 0.25) is 0 Å². The van der Waals surface area contributed by atoms with Gasteiger partial charge in [0.15, 0.2) is 11.5 Å². The molecule has 7 heteroatoms. The number of benzene rings is 1. The third-order valence-corrected chi connectivity index (χ3v) is 4.30. The van der Waals surface area contributed by atoms with Crippen LogP contribution in [-0.4, -0.2) is 50.3 Å². The molecule has 0 aliphatic carbocycles. The van der Waals surface area contributed by atoms with E-state index in [1.807, 2.05) is 18.2 Å². The zero-order valence-corrected chi connectivity index (χ0v) is 13.7. The summed E-state index contributed by atoms with van der Waals surface area (Å²) in [5.41, 5.74) is 1.03. The molecule has 0 saturated carbocycles. The third-order valence-electron chi connectivity index (χ3n) is 4.30. The normalized spacial score (nSPS) is 19.5. The quantitative estimate of drug-likeness (QED) is 0.913. The number of amides is 2. The maximum atomic E-state index is 12.4. The summed E-state index contributed by atoms with van der Waals surface area (Å²) in [5, 5.41) is 2.44. The summed E-state index contributed by atoms with van der Waals surface area (Å²) in [4.78, 5) is 25.3. The Balaban J connectivity index is 1.72. The van der Waals surface area contributed by atoms with Crippen molar-refractivity contribution in [3.8, 4) is 11.5 Å². The fourth-order valence-corrected chi connectivity index (χ4v) is 3.12. The molecule has 1 aromatic carbocycles. The fraction of sp³-hybridized carbons (Fsp3) is 0.529. The molecule has 1 N–H and O–H groups in total. The van der Waals surface area contributed by atoms with Gasteiger partial charge in [-0.2, -0.15) is 0 Å². The Labute approximate surface area is 140 Å². The molecule has 0 radical (unpaired) electrons.